The van der Waals surface area contributed by atoms with E-state index in [1.165, 1.54) is 0 Å². The number of carbonyl (C=O) groups excluding carboxylic acids is 1. The normalized spacial score (nSPS) is 12.7. The third-order valence-corrected chi connectivity index (χ3v) is 4.34. The van der Waals surface area contributed by atoms with Crippen LogP contribution in [0.4, 0.5) is 5.69 Å². The minimum Gasteiger partial charge on any atom is -0.493 e. The third kappa shape index (κ3) is 2.76. The van der Waals surface area contributed by atoms with Gasteiger partial charge in [-0.1, -0.05) is 11.6 Å². The molecule has 0 bridgehead atoms. The van der Waals surface area contributed by atoms with E-state index in [1.807, 2.05) is 6.07 Å². The first-order valence-corrected chi connectivity index (χ1v) is 8.24. The van der Waals surface area contributed by atoms with E-state index in [2.05, 4.69) is 15.4 Å². The van der Waals surface area contributed by atoms with Crippen LogP contribution in [0, 0.1) is 0 Å². The van der Waals surface area contributed by atoms with Gasteiger partial charge in [0.1, 0.15) is 6.54 Å². The number of aromatic nitrogens is 3. The monoisotopic (exact) mass is 370 g/mol. The molecule has 1 aliphatic heterocycles. The number of amides is 1. The summed E-state index contributed by atoms with van der Waals surface area (Å²) in [5, 5.41) is 7.89. The Kier molecular flexibility index (Phi) is 4.00. The molecule has 1 N–H and O–H groups in total. The molecule has 2 heterocycles. The molecule has 7 nitrogen and oxygen atoms in total. The van der Waals surface area contributed by atoms with Gasteiger partial charge in [-0.15, -0.1) is 5.10 Å². The Morgan fingerprint density at radius 2 is 1.92 bits per heavy atom. The van der Waals surface area contributed by atoms with E-state index in [4.69, 9.17) is 21.1 Å². The first-order valence-electron chi connectivity index (χ1n) is 7.86. The average molecular weight is 371 g/mol. The van der Waals surface area contributed by atoms with Gasteiger partial charge in [0.15, 0.2) is 23.1 Å². The van der Waals surface area contributed by atoms with E-state index in [-0.39, 0.29) is 12.5 Å². The van der Waals surface area contributed by atoms with Crippen molar-refractivity contribution in [2.45, 2.75) is 6.54 Å². The molecule has 0 saturated carbocycles. The Labute approximate surface area is 154 Å². The quantitative estimate of drug-likeness (QED) is 0.765. The summed E-state index contributed by atoms with van der Waals surface area (Å²) in [5.74, 6) is 2.09. The van der Waals surface area contributed by atoms with Gasteiger partial charge in [-0.3, -0.25) is 4.79 Å². The van der Waals surface area contributed by atoms with Crippen LogP contribution in [0.5, 0.6) is 11.5 Å². The molecule has 2 aromatic carbocycles. The lowest BCUT2D eigenvalue weighted by Gasteiger charge is -2.08. The Balaban J connectivity index is 1.86. The van der Waals surface area contributed by atoms with E-state index in [1.54, 1.807) is 49.2 Å². The van der Waals surface area contributed by atoms with E-state index < -0.39 is 0 Å². The maximum absolute atomic E-state index is 12.2. The van der Waals surface area contributed by atoms with E-state index in [0.717, 1.165) is 11.1 Å². The highest BCUT2D eigenvalue weighted by atomic mass is 35.5. The Hall–Kier alpha value is -3.06. The first kappa shape index (κ1) is 16.4. The van der Waals surface area contributed by atoms with Gasteiger partial charge in [0.25, 0.3) is 0 Å². The number of methoxy groups -OCH3 is 2. The van der Waals surface area contributed by atoms with Gasteiger partial charge in [0.2, 0.25) is 5.91 Å². The summed E-state index contributed by atoms with van der Waals surface area (Å²) in [6, 6.07) is 10.7. The van der Waals surface area contributed by atoms with Gasteiger partial charge >= 0.3 is 0 Å². The highest BCUT2D eigenvalue weighted by molar-refractivity contribution is 6.31. The molecule has 1 amide bonds. The molecule has 0 atom stereocenters. The van der Waals surface area contributed by atoms with Crippen molar-refractivity contribution in [3.63, 3.8) is 0 Å². The second-order valence-corrected chi connectivity index (χ2v) is 6.16. The number of fused-ring (bicyclic) bond motifs is 3. The molecule has 0 aliphatic carbocycles. The molecule has 0 saturated heterocycles. The van der Waals surface area contributed by atoms with Crippen LogP contribution in [0.3, 0.4) is 0 Å². The molecular weight excluding hydrogens is 356 g/mol. The number of rotatable bonds is 3. The minimum atomic E-state index is -0.170. The third-order valence-electron chi connectivity index (χ3n) is 4.10. The first-order chi connectivity index (χ1) is 12.6. The van der Waals surface area contributed by atoms with Crippen LogP contribution in [0.25, 0.3) is 22.8 Å². The van der Waals surface area contributed by atoms with Crippen LogP contribution < -0.4 is 14.8 Å². The molecular formula is C18H15ClN4O3. The molecule has 26 heavy (non-hydrogen) atoms. The topological polar surface area (TPSA) is 78.3 Å². The number of ether oxygens (including phenoxy) is 2. The summed E-state index contributed by atoms with van der Waals surface area (Å²) in [5.41, 5.74) is 2.14. The summed E-state index contributed by atoms with van der Waals surface area (Å²) < 4.78 is 12.2. The maximum Gasteiger partial charge on any atom is 0.246 e. The lowest BCUT2D eigenvalue weighted by Crippen LogP contribution is -2.17. The summed E-state index contributed by atoms with van der Waals surface area (Å²) in [6.45, 7) is 0.0714. The summed E-state index contributed by atoms with van der Waals surface area (Å²) in [6.07, 6.45) is 0. The SMILES string of the molecule is COc1ccc(-c2nc3n(n2)CC(=O)Nc2ccc(Cl)cc2-3)cc1OC. The fourth-order valence-corrected chi connectivity index (χ4v) is 3.06. The molecule has 1 aromatic heterocycles. The number of benzene rings is 2. The van der Waals surface area contributed by atoms with Gasteiger partial charge in [0, 0.05) is 16.1 Å². The molecule has 3 aromatic rings. The van der Waals surface area contributed by atoms with Crippen molar-refractivity contribution in [1.82, 2.24) is 14.8 Å². The number of nitrogens with zero attached hydrogens (tertiary/aromatic N) is 3. The van der Waals surface area contributed by atoms with Crippen molar-refractivity contribution in [2.24, 2.45) is 0 Å². The van der Waals surface area contributed by atoms with Crippen molar-refractivity contribution in [1.29, 1.82) is 0 Å². The largest absolute Gasteiger partial charge is 0.493 e. The zero-order chi connectivity index (χ0) is 18.3. The van der Waals surface area contributed by atoms with Crippen LogP contribution >= 0.6 is 11.6 Å². The summed E-state index contributed by atoms with van der Waals surface area (Å²) in [7, 11) is 3.15. The maximum atomic E-state index is 12.2. The highest BCUT2D eigenvalue weighted by Crippen LogP contribution is 2.35. The number of hydrogen-bond acceptors (Lipinski definition) is 5. The fourth-order valence-electron chi connectivity index (χ4n) is 2.89. The van der Waals surface area contributed by atoms with Crippen LogP contribution in [0.15, 0.2) is 36.4 Å². The highest BCUT2D eigenvalue weighted by Gasteiger charge is 2.23. The number of hydrogen-bond donors (Lipinski definition) is 1. The van der Waals surface area contributed by atoms with E-state index in [9.17, 15) is 4.79 Å². The molecule has 0 fully saturated rings. The van der Waals surface area contributed by atoms with Gasteiger partial charge in [-0.05, 0) is 36.4 Å². The zero-order valence-corrected chi connectivity index (χ0v) is 14.9. The standard InChI is InChI=1S/C18H15ClN4O3/c1-25-14-6-3-10(7-15(14)26-2)17-21-18-12-8-11(19)4-5-13(12)20-16(24)9-23(18)22-17/h3-8H,9H2,1-2H3,(H,20,24). The predicted octanol–water partition coefficient (Wildman–Crippen LogP) is 3.23. The predicted molar refractivity (Wildman–Crippen MR) is 97.6 cm³/mol. The lowest BCUT2D eigenvalue weighted by molar-refractivity contribution is -0.116. The van der Waals surface area contributed by atoms with Crippen LogP contribution in [-0.4, -0.2) is 34.9 Å². The minimum absolute atomic E-state index is 0.0714. The smallest absolute Gasteiger partial charge is 0.246 e. The Morgan fingerprint density at radius 1 is 1.12 bits per heavy atom. The van der Waals surface area contributed by atoms with Gasteiger partial charge in [-0.25, -0.2) is 9.67 Å². The molecule has 0 spiro atoms. The molecule has 132 valence electrons. The van der Waals surface area contributed by atoms with Gasteiger partial charge in [-0.2, -0.15) is 0 Å². The number of carbonyl (C=O) groups is 1. The van der Waals surface area contributed by atoms with Gasteiger partial charge < -0.3 is 14.8 Å². The van der Waals surface area contributed by atoms with Crippen molar-refractivity contribution in [3.8, 4) is 34.3 Å². The number of nitrogens with one attached hydrogen (secondary N) is 1. The average Bonchev–Trinajstić information content (AvgIpc) is 3.00. The van der Waals surface area contributed by atoms with Crippen molar-refractivity contribution in [2.75, 3.05) is 19.5 Å². The molecule has 0 unspecified atom stereocenters. The van der Waals surface area contributed by atoms with Gasteiger partial charge in [0.05, 0.1) is 19.9 Å². The Morgan fingerprint density at radius 3 is 2.69 bits per heavy atom. The summed E-state index contributed by atoms with van der Waals surface area (Å²) >= 11 is 6.13. The molecule has 8 heteroatoms. The second kappa shape index (κ2) is 6.34. The number of anilines is 1. The zero-order valence-electron chi connectivity index (χ0n) is 14.1. The Bertz CT molecular complexity index is 1020. The van der Waals surface area contributed by atoms with Crippen molar-refractivity contribution in [3.05, 3.63) is 41.4 Å². The molecule has 0 radical (unpaired) electrons. The molecule has 1 aliphatic rings. The van der Waals surface area contributed by atoms with Crippen molar-refractivity contribution >= 4 is 23.2 Å². The van der Waals surface area contributed by atoms with Crippen LogP contribution in [-0.2, 0) is 11.3 Å². The van der Waals surface area contributed by atoms with Crippen LogP contribution in [0.2, 0.25) is 5.02 Å². The summed E-state index contributed by atoms with van der Waals surface area (Å²) in [4.78, 5) is 16.8. The van der Waals surface area contributed by atoms with E-state index >= 15 is 0 Å². The fraction of sp³-hybridized carbons (Fsp3) is 0.167. The molecule has 4 rings (SSSR count). The number of halogens is 1. The lowest BCUT2D eigenvalue weighted by atomic mass is 10.1. The van der Waals surface area contributed by atoms with E-state index in [0.29, 0.717) is 33.9 Å². The van der Waals surface area contributed by atoms with Crippen LogP contribution in [0.1, 0.15) is 0 Å². The van der Waals surface area contributed by atoms with Crippen molar-refractivity contribution < 1.29 is 14.3 Å². The second-order valence-electron chi connectivity index (χ2n) is 5.72.